The molecule has 0 amide bonds. The fourth-order valence-corrected chi connectivity index (χ4v) is 0.849. The van der Waals surface area contributed by atoms with Crippen LogP contribution in [0.4, 0.5) is 5.82 Å². The van der Waals surface area contributed by atoms with Crippen molar-refractivity contribution in [1.29, 1.82) is 0 Å². The number of hydrogen-bond acceptors (Lipinski definition) is 3. The molecule has 4 nitrogen and oxygen atoms in total. The summed E-state index contributed by atoms with van der Waals surface area (Å²) < 4.78 is 6.98. The van der Waals surface area contributed by atoms with Crippen LogP contribution in [0.15, 0.2) is 12.5 Å². The summed E-state index contributed by atoms with van der Waals surface area (Å²) in [4.78, 5) is 3.89. The van der Waals surface area contributed by atoms with E-state index in [-0.39, 0.29) is 6.10 Å². The Hall–Kier alpha value is -1.03. The molecule has 1 aromatic heterocycles. The van der Waals surface area contributed by atoms with Crippen molar-refractivity contribution in [1.82, 2.24) is 9.55 Å². The van der Waals surface area contributed by atoms with Gasteiger partial charge in [0.2, 0.25) is 0 Å². The van der Waals surface area contributed by atoms with Crippen LogP contribution >= 0.6 is 0 Å². The molecule has 1 unspecified atom stereocenters. The maximum absolute atomic E-state index is 5.42. The van der Waals surface area contributed by atoms with Crippen LogP contribution in [0.5, 0.6) is 0 Å². The number of rotatable bonds is 3. The van der Waals surface area contributed by atoms with Crippen molar-refractivity contribution in [3.63, 3.8) is 0 Å². The normalized spacial score (nSPS) is 13.3. The van der Waals surface area contributed by atoms with E-state index in [1.807, 2.05) is 11.5 Å². The number of nitrogen functional groups attached to an aromatic ring is 1. The molecule has 0 aliphatic carbocycles. The zero-order valence-corrected chi connectivity index (χ0v) is 6.82. The van der Waals surface area contributed by atoms with Crippen LogP contribution in [0.2, 0.25) is 0 Å². The van der Waals surface area contributed by atoms with Crippen molar-refractivity contribution in [3.05, 3.63) is 12.5 Å². The van der Waals surface area contributed by atoms with Gasteiger partial charge in [0.1, 0.15) is 5.82 Å². The van der Waals surface area contributed by atoms with Crippen molar-refractivity contribution in [2.24, 2.45) is 0 Å². The Morgan fingerprint density at radius 3 is 3.00 bits per heavy atom. The number of methoxy groups -OCH3 is 1. The average Bonchev–Trinajstić information content (AvgIpc) is 2.35. The van der Waals surface area contributed by atoms with Crippen LogP contribution in [-0.2, 0) is 11.3 Å². The minimum absolute atomic E-state index is 0.198. The monoisotopic (exact) mass is 155 g/mol. The third-order valence-electron chi connectivity index (χ3n) is 1.52. The van der Waals surface area contributed by atoms with Gasteiger partial charge in [0.15, 0.2) is 0 Å². The van der Waals surface area contributed by atoms with Crippen LogP contribution in [0.25, 0.3) is 0 Å². The van der Waals surface area contributed by atoms with Gasteiger partial charge in [-0.15, -0.1) is 0 Å². The molecular weight excluding hydrogens is 142 g/mol. The van der Waals surface area contributed by atoms with Crippen LogP contribution < -0.4 is 5.73 Å². The van der Waals surface area contributed by atoms with E-state index in [1.165, 1.54) is 0 Å². The van der Waals surface area contributed by atoms with Crippen LogP contribution in [0.3, 0.4) is 0 Å². The summed E-state index contributed by atoms with van der Waals surface area (Å²) in [5.41, 5.74) is 5.42. The zero-order chi connectivity index (χ0) is 8.27. The van der Waals surface area contributed by atoms with E-state index in [4.69, 9.17) is 10.5 Å². The second-order valence-corrected chi connectivity index (χ2v) is 2.54. The predicted octanol–water partition coefficient (Wildman–Crippen LogP) is 0.500. The Labute approximate surface area is 66.0 Å². The number of anilines is 1. The van der Waals surface area contributed by atoms with Crippen molar-refractivity contribution in [2.45, 2.75) is 19.6 Å². The Morgan fingerprint density at radius 2 is 2.55 bits per heavy atom. The summed E-state index contributed by atoms with van der Waals surface area (Å²) >= 11 is 0. The SMILES string of the molecule is COC(C)Cn1cnc(N)c1. The number of imidazole rings is 1. The van der Waals surface area contributed by atoms with E-state index in [0.717, 1.165) is 6.54 Å². The zero-order valence-electron chi connectivity index (χ0n) is 6.82. The second kappa shape index (κ2) is 3.39. The van der Waals surface area contributed by atoms with Gasteiger partial charge in [-0.3, -0.25) is 0 Å². The molecule has 0 aliphatic rings. The largest absolute Gasteiger partial charge is 0.382 e. The lowest BCUT2D eigenvalue weighted by Gasteiger charge is -2.08. The van der Waals surface area contributed by atoms with Gasteiger partial charge in [0, 0.05) is 19.9 Å². The van der Waals surface area contributed by atoms with Gasteiger partial charge in [-0.2, -0.15) is 0 Å². The molecule has 11 heavy (non-hydrogen) atoms. The molecular formula is C7H13N3O. The summed E-state index contributed by atoms with van der Waals surface area (Å²) in [6.07, 6.45) is 3.68. The summed E-state index contributed by atoms with van der Waals surface area (Å²) in [5, 5.41) is 0. The number of nitrogens with two attached hydrogens (primary N) is 1. The minimum atomic E-state index is 0.198. The van der Waals surface area contributed by atoms with Crippen molar-refractivity contribution >= 4 is 5.82 Å². The second-order valence-electron chi connectivity index (χ2n) is 2.54. The molecule has 1 rings (SSSR count). The van der Waals surface area contributed by atoms with Gasteiger partial charge in [-0.05, 0) is 6.92 Å². The van der Waals surface area contributed by atoms with Crippen molar-refractivity contribution < 1.29 is 4.74 Å². The van der Waals surface area contributed by atoms with Gasteiger partial charge >= 0.3 is 0 Å². The highest BCUT2D eigenvalue weighted by molar-refractivity contribution is 5.22. The molecule has 2 N–H and O–H groups in total. The van der Waals surface area contributed by atoms with Crippen LogP contribution in [0.1, 0.15) is 6.92 Å². The number of aromatic nitrogens is 2. The van der Waals surface area contributed by atoms with E-state index in [1.54, 1.807) is 19.6 Å². The van der Waals surface area contributed by atoms with E-state index in [2.05, 4.69) is 4.98 Å². The minimum Gasteiger partial charge on any atom is -0.382 e. The first-order chi connectivity index (χ1) is 5.22. The highest BCUT2D eigenvalue weighted by atomic mass is 16.5. The maximum atomic E-state index is 5.42. The van der Waals surface area contributed by atoms with Gasteiger partial charge in [-0.1, -0.05) is 0 Å². The first-order valence-corrected chi connectivity index (χ1v) is 3.52. The fraction of sp³-hybridized carbons (Fsp3) is 0.571. The Bertz CT molecular complexity index is 221. The third kappa shape index (κ3) is 2.23. The van der Waals surface area contributed by atoms with Gasteiger partial charge in [0.25, 0.3) is 0 Å². The molecule has 0 saturated carbocycles. The molecule has 0 fully saturated rings. The standard InChI is InChI=1S/C7H13N3O/c1-6(11-2)3-10-4-7(8)9-5-10/h4-6H,3,8H2,1-2H3. The first-order valence-electron chi connectivity index (χ1n) is 3.52. The fourth-order valence-electron chi connectivity index (χ4n) is 0.849. The lowest BCUT2D eigenvalue weighted by Crippen LogP contribution is -2.13. The maximum Gasteiger partial charge on any atom is 0.141 e. The molecule has 0 spiro atoms. The number of nitrogens with zero attached hydrogens (tertiary/aromatic N) is 2. The molecule has 0 aromatic carbocycles. The molecule has 1 heterocycles. The summed E-state index contributed by atoms with van der Waals surface area (Å²) in [6.45, 7) is 2.79. The quantitative estimate of drug-likeness (QED) is 0.691. The van der Waals surface area contributed by atoms with Crippen molar-refractivity contribution in [3.8, 4) is 0 Å². The smallest absolute Gasteiger partial charge is 0.141 e. The van der Waals surface area contributed by atoms with Crippen LogP contribution in [-0.4, -0.2) is 22.8 Å². The summed E-state index contributed by atoms with van der Waals surface area (Å²) in [7, 11) is 1.69. The highest BCUT2D eigenvalue weighted by Gasteiger charge is 2.00. The van der Waals surface area contributed by atoms with E-state index in [9.17, 15) is 0 Å². The molecule has 62 valence electrons. The highest BCUT2D eigenvalue weighted by Crippen LogP contribution is 1.99. The first kappa shape index (κ1) is 8.07. The van der Waals surface area contributed by atoms with E-state index in [0.29, 0.717) is 5.82 Å². The molecule has 0 saturated heterocycles. The van der Waals surface area contributed by atoms with Crippen molar-refractivity contribution in [2.75, 3.05) is 12.8 Å². The predicted molar refractivity (Wildman–Crippen MR) is 43.1 cm³/mol. The topological polar surface area (TPSA) is 53.1 Å². The third-order valence-corrected chi connectivity index (χ3v) is 1.52. The van der Waals surface area contributed by atoms with Crippen LogP contribution in [0, 0.1) is 0 Å². The summed E-state index contributed by atoms with van der Waals surface area (Å²) in [6, 6.07) is 0. The Morgan fingerprint density at radius 1 is 1.82 bits per heavy atom. The Balaban J connectivity index is 2.50. The van der Waals surface area contributed by atoms with Gasteiger partial charge in [-0.25, -0.2) is 4.98 Å². The average molecular weight is 155 g/mol. The van der Waals surface area contributed by atoms with Gasteiger partial charge < -0.3 is 15.0 Å². The number of ether oxygens (including phenoxy) is 1. The van der Waals surface area contributed by atoms with Gasteiger partial charge in [0.05, 0.1) is 12.4 Å². The Kier molecular flexibility index (Phi) is 2.48. The summed E-state index contributed by atoms with van der Waals surface area (Å²) in [5.74, 6) is 0.549. The molecule has 0 bridgehead atoms. The molecule has 1 aromatic rings. The molecule has 0 aliphatic heterocycles. The van der Waals surface area contributed by atoms with E-state index < -0.39 is 0 Å². The number of hydrogen-bond donors (Lipinski definition) is 1. The molecule has 1 atom stereocenters. The molecule has 4 heteroatoms. The lowest BCUT2D eigenvalue weighted by atomic mass is 10.4. The molecule has 0 radical (unpaired) electrons. The lowest BCUT2D eigenvalue weighted by molar-refractivity contribution is 0.103. The van der Waals surface area contributed by atoms with E-state index >= 15 is 0 Å².